The first-order valence-corrected chi connectivity index (χ1v) is 9.64. The Labute approximate surface area is 140 Å². The first-order chi connectivity index (χ1) is 9.25. The van der Waals surface area contributed by atoms with Crippen LogP contribution in [0, 0.1) is 3.57 Å². The standard InChI is InChI=1S/C16H10ClITe/c17-13(11-6-2-1-3-7-11)10-15-16(18)12-8-4-5-9-14(12)19-15/h1-10H/b13-10-. The van der Waals surface area contributed by atoms with Gasteiger partial charge in [-0.3, -0.25) is 0 Å². The van der Waals surface area contributed by atoms with Gasteiger partial charge in [-0.05, 0) is 0 Å². The molecular formula is C16H10ClITe. The van der Waals surface area contributed by atoms with E-state index >= 15 is 0 Å². The van der Waals surface area contributed by atoms with E-state index in [2.05, 4.69) is 65.1 Å². The van der Waals surface area contributed by atoms with E-state index in [1.165, 1.54) is 15.9 Å². The Morgan fingerprint density at radius 2 is 1.68 bits per heavy atom. The monoisotopic (exact) mass is 494 g/mol. The number of rotatable bonds is 2. The van der Waals surface area contributed by atoms with Gasteiger partial charge in [0, 0.05) is 0 Å². The summed E-state index contributed by atoms with van der Waals surface area (Å²) in [5, 5.41) is 2.23. The van der Waals surface area contributed by atoms with Crippen molar-refractivity contribution >= 4 is 74.5 Å². The fourth-order valence-electron chi connectivity index (χ4n) is 1.92. The molecule has 3 heteroatoms. The molecule has 1 aromatic heterocycles. The van der Waals surface area contributed by atoms with Crippen LogP contribution in [-0.4, -0.2) is 20.4 Å². The van der Waals surface area contributed by atoms with Crippen LogP contribution >= 0.6 is 34.2 Å². The summed E-state index contributed by atoms with van der Waals surface area (Å²) < 4.78 is 4.31. The molecular weight excluding hydrogens is 482 g/mol. The van der Waals surface area contributed by atoms with E-state index in [1.54, 1.807) is 0 Å². The van der Waals surface area contributed by atoms with E-state index in [4.69, 9.17) is 11.6 Å². The van der Waals surface area contributed by atoms with Gasteiger partial charge >= 0.3 is 142 Å². The van der Waals surface area contributed by atoms with Crippen molar-refractivity contribution in [3.63, 3.8) is 0 Å². The van der Waals surface area contributed by atoms with Crippen LogP contribution in [-0.2, 0) is 0 Å². The van der Waals surface area contributed by atoms with Crippen LogP contribution in [0.5, 0.6) is 0 Å². The molecule has 0 saturated carbocycles. The Morgan fingerprint density at radius 1 is 1.00 bits per heavy atom. The summed E-state index contributed by atoms with van der Waals surface area (Å²) in [5.74, 6) is 0. The van der Waals surface area contributed by atoms with Crippen LogP contribution in [0.3, 0.4) is 0 Å². The Kier molecular flexibility index (Phi) is 4.34. The molecule has 0 nitrogen and oxygen atoms in total. The first-order valence-electron chi connectivity index (χ1n) is 5.85. The van der Waals surface area contributed by atoms with Gasteiger partial charge in [0.1, 0.15) is 0 Å². The average Bonchev–Trinajstić information content (AvgIpc) is 2.77. The third kappa shape index (κ3) is 2.92. The fraction of sp³-hybridized carbons (Fsp3) is 0. The second-order valence-electron chi connectivity index (χ2n) is 4.13. The molecule has 0 fully saturated rings. The Hall–Kier alpha value is -0.270. The van der Waals surface area contributed by atoms with Gasteiger partial charge in [0.05, 0.1) is 0 Å². The van der Waals surface area contributed by atoms with Crippen LogP contribution in [0.1, 0.15) is 9.14 Å². The summed E-state index contributed by atoms with van der Waals surface area (Å²) in [7, 11) is 0. The third-order valence-corrected chi connectivity index (χ3v) is 8.68. The predicted molar refractivity (Wildman–Crippen MR) is 93.8 cm³/mol. The molecule has 0 amide bonds. The number of benzene rings is 2. The minimum absolute atomic E-state index is 0.292. The molecule has 0 N–H and O–H groups in total. The van der Waals surface area contributed by atoms with Gasteiger partial charge in [0.2, 0.25) is 0 Å². The maximum absolute atomic E-state index is 6.44. The van der Waals surface area contributed by atoms with Crippen molar-refractivity contribution in [1.29, 1.82) is 0 Å². The van der Waals surface area contributed by atoms with Crippen LogP contribution < -0.4 is 0 Å². The molecule has 0 aliphatic rings. The topological polar surface area (TPSA) is 0 Å². The quantitative estimate of drug-likeness (QED) is 0.339. The van der Waals surface area contributed by atoms with Crippen LogP contribution in [0.15, 0.2) is 54.6 Å². The van der Waals surface area contributed by atoms with Crippen LogP contribution in [0.25, 0.3) is 19.9 Å². The third-order valence-electron chi connectivity index (χ3n) is 2.87. The summed E-state index contributed by atoms with van der Waals surface area (Å²) in [5.41, 5.74) is 1.09. The molecule has 94 valence electrons. The number of fused-ring (bicyclic) bond motifs is 1. The van der Waals surface area contributed by atoms with E-state index in [9.17, 15) is 0 Å². The fourth-order valence-corrected chi connectivity index (χ4v) is 7.26. The zero-order valence-corrected chi connectivity index (χ0v) is 15.2. The molecule has 0 aliphatic carbocycles. The van der Waals surface area contributed by atoms with Crippen molar-refractivity contribution in [3.05, 3.63) is 67.3 Å². The van der Waals surface area contributed by atoms with Gasteiger partial charge < -0.3 is 0 Å². The predicted octanol–water partition coefficient (Wildman–Crippen LogP) is 5.24. The van der Waals surface area contributed by atoms with E-state index in [0.29, 0.717) is 0 Å². The first kappa shape index (κ1) is 13.7. The number of hydrogen-bond donors (Lipinski definition) is 0. The van der Waals surface area contributed by atoms with Crippen molar-refractivity contribution in [3.8, 4) is 0 Å². The summed E-state index contributed by atoms with van der Waals surface area (Å²) in [6.07, 6.45) is 2.15. The molecule has 0 unspecified atom stereocenters. The van der Waals surface area contributed by atoms with Crippen molar-refractivity contribution < 1.29 is 0 Å². The minimum atomic E-state index is -0.292. The zero-order valence-electron chi connectivity index (χ0n) is 9.94. The van der Waals surface area contributed by atoms with Gasteiger partial charge in [-0.25, -0.2) is 0 Å². The molecule has 0 bridgehead atoms. The molecule has 0 saturated heterocycles. The summed E-state index contributed by atoms with van der Waals surface area (Å²) in [6.45, 7) is 0. The van der Waals surface area contributed by atoms with E-state index in [-0.39, 0.29) is 20.4 Å². The van der Waals surface area contributed by atoms with Crippen molar-refractivity contribution in [2.45, 2.75) is 0 Å². The maximum atomic E-state index is 6.44. The average molecular weight is 492 g/mol. The molecule has 1 heterocycles. The van der Waals surface area contributed by atoms with Crippen molar-refractivity contribution in [1.82, 2.24) is 0 Å². The van der Waals surface area contributed by atoms with E-state index in [0.717, 1.165) is 10.6 Å². The van der Waals surface area contributed by atoms with Crippen LogP contribution in [0.4, 0.5) is 0 Å². The number of halogens is 2. The van der Waals surface area contributed by atoms with E-state index in [1.807, 2.05) is 18.2 Å². The summed E-state index contributed by atoms with van der Waals surface area (Å²) in [6, 6.07) is 18.8. The molecule has 0 spiro atoms. The van der Waals surface area contributed by atoms with Gasteiger partial charge in [-0.2, -0.15) is 0 Å². The SMILES string of the molecule is Cl/C(=C\c1[te]c2ccccc2c1I)c1ccccc1. The molecule has 0 radical (unpaired) electrons. The van der Waals surface area contributed by atoms with Gasteiger partial charge in [-0.1, -0.05) is 0 Å². The molecule has 3 aromatic rings. The summed E-state index contributed by atoms with van der Waals surface area (Å²) >= 11 is 8.59. The van der Waals surface area contributed by atoms with Gasteiger partial charge in [-0.15, -0.1) is 0 Å². The number of hydrogen-bond acceptors (Lipinski definition) is 0. The Balaban J connectivity index is 2.08. The second-order valence-corrected chi connectivity index (χ2v) is 8.71. The van der Waals surface area contributed by atoms with Gasteiger partial charge in [0.15, 0.2) is 0 Å². The molecule has 0 atom stereocenters. The van der Waals surface area contributed by atoms with Crippen LogP contribution in [0.2, 0.25) is 0 Å². The normalized spacial score (nSPS) is 12.0. The van der Waals surface area contributed by atoms with E-state index < -0.39 is 0 Å². The molecule has 3 rings (SSSR count). The van der Waals surface area contributed by atoms with Gasteiger partial charge in [0.25, 0.3) is 0 Å². The second kappa shape index (κ2) is 6.01. The van der Waals surface area contributed by atoms with Crippen molar-refractivity contribution in [2.75, 3.05) is 0 Å². The zero-order chi connectivity index (χ0) is 13.2. The molecule has 2 aromatic carbocycles. The van der Waals surface area contributed by atoms with Crippen molar-refractivity contribution in [2.24, 2.45) is 0 Å². The molecule has 0 aliphatic heterocycles. The Morgan fingerprint density at radius 3 is 2.42 bits per heavy atom. The Bertz CT molecular complexity index is 744. The molecule has 19 heavy (non-hydrogen) atoms. The summed E-state index contributed by atoms with van der Waals surface area (Å²) in [4.78, 5) is 0.